The van der Waals surface area contributed by atoms with Crippen molar-refractivity contribution in [3.8, 4) is 11.4 Å². The highest BCUT2D eigenvalue weighted by molar-refractivity contribution is 6.51. The van der Waals surface area contributed by atoms with Crippen LogP contribution in [0.2, 0.25) is 0 Å². The van der Waals surface area contributed by atoms with Gasteiger partial charge in [-0.05, 0) is 79.9 Å². The molecule has 0 saturated heterocycles. The number of hydrogen-bond donors (Lipinski definition) is 2. The van der Waals surface area contributed by atoms with Crippen molar-refractivity contribution < 1.29 is 5.11 Å². The number of aryl methyl sites for hydroxylation is 3. The largest absolute Gasteiger partial charge is 0.508 e. The van der Waals surface area contributed by atoms with E-state index in [4.69, 9.17) is 15.1 Å². The number of benzene rings is 4. The van der Waals surface area contributed by atoms with Crippen molar-refractivity contribution in [2.45, 2.75) is 26.8 Å². The van der Waals surface area contributed by atoms with Crippen molar-refractivity contribution in [2.24, 2.45) is 9.98 Å². The maximum Gasteiger partial charge on any atom is 0.179 e. The number of hydrogen-bond acceptors (Lipinski definition) is 6. The van der Waals surface area contributed by atoms with Crippen LogP contribution in [0, 0.1) is 20.8 Å². The van der Waals surface area contributed by atoms with E-state index >= 15 is 0 Å². The molecule has 4 aromatic carbocycles. The number of aromatic hydroxyl groups is 1. The first kappa shape index (κ1) is 23.9. The van der Waals surface area contributed by atoms with Gasteiger partial charge in [-0.2, -0.15) is 5.10 Å². The molecule has 2 aliphatic rings. The number of nitrogens with zero attached hydrogens (tertiary/aromatic N) is 5. The summed E-state index contributed by atoms with van der Waals surface area (Å²) in [6, 6.07) is 31.6. The third kappa shape index (κ3) is 3.86. The molecule has 0 bridgehead atoms. The van der Waals surface area contributed by atoms with E-state index in [0.29, 0.717) is 11.7 Å². The minimum atomic E-state index is -0.292. The first-order valence-electron chi connectivity index (χ1n) is 13.3. The summed E-state index contributed by atoms with van der Waals surface area (Å²) in [6.45, 7) is 6.19. The number of rotatable bonds is 3. The zero-order valence-electron chi connectivity index (χ0n) is 22.5. The highest BCUT2D eigenvalue weighted by Gasteiger charge is 2.41. The lowest BCUT2D eigenvalue weighted by Gasteiger charge is -2.40. The second kappa shape index (κ2) is 9.24. The number of amidine groups is 2. The minimum Gasteiger partial charge on any atom is -0.508 e. The van der Waals surface area contributed by atoms with Crippen LogP contribution in [-0.2, 0) is 0 Å². The number of fused-ring (bicyclic) bond motifs is 4. The molecule has 2 aliphatic heterocycles. The van der Waals surface area contributed by atoms with Gasteiger partial charge in [0.05, 0.1) is 28.8 Å². The molecule has 7 rings (SSSR count). The number of phenols is 1. The average molecular weight is 525 g/mol. The highest BCUT2D eigenvalue weighted by Crippen LogP contribution is 2.48. The van der Waals surface area contributed by atoms with Gasteiger partial charge in [-0.25, -0.2) is 14.7 Å². The van der Waals surface area contributed by atoms with E-state index in [-0.39, 0.29) is 11.8 Å². The Bertz CT molecular complexity index is 1840. The van der Waals surface area contributed by atoms with Crippen molar-refractivity contribution >= 4 is 34.6 Å². The topological polar surface area (TPSA) is 78.0 Å². The van der Waals surface area contributed by atoms with Gasteiger partial charge in [-0.3, -0.25) is 0 Å². The van der Waals surface area contributed by atoms with Crippen LogP contribution in [0.1, 0.15) is 34.0 Å². The van der Waals surface area contributed by atoms with Crippen LogP contribution in [0.15, 0.2) is 107 Å². The molecule has 196 valence electrons. The molecule has 7 nitrogen and oxygen atoms in total. The smallest absolute Gasteiger partial charge is 0.179 e. The number of phenolic OH excluding ortho intramolecular Hbond substituents is 1. The number of aliphatic imine (C=N–C) groups is 2. The summed E-state index contributed by atoms with van der Waals surface area (Å²) < 4.78 is 1.90. The Morgan fingerprint density at radius 2 is 1.60 bits per heavy atom. The first-order chi connectivity index (χ1) is 19.5. The third-order valence-corrected chi connectivity index (χ3v) is 7.47. The molecule has 0 aliphatic carbocycles. The lowest BCUT2D eigenvalue weighted by Crippen LogP contribution is -2.46. The maximum absolute atomic E-state index is 10.5. The number of para-hydroxylation sites is 3. The van der Waals surface area contributed by atoms with Gasteiger partial charge >= 0.3 is 0 Å². The summed E-state index contributed by atoms with van der Waals surface area (Å²) in [5, 5.41) is 19.1. The molecular formula is C33H28N6O. The molecule has 0 spiro atoms. The first-order valence-corrected chi connectivity index (χ1v) is 13.3. The van der Waals surface area contributed by atoms with Gasteiger partial charge in [0.2, 0.25) is 0 Å². The third-order valence-electron chi connectivity index (χ3n) is 7.47. The fourth-order valence-electron chi connectivity index (χ4n) is 5.56. The van der Waals surface area contributed by atoms with Gasteiger partial charge in [0.1, 0.15) is 5.75 Å². The summed E-state index contributed by atoms with van der Waals surface area (Å²) in [4.78, 5) is 12.6. The van der Waals surface area contributed by atoms with E-state index in [1.807, 2.05) is 78.3 Å². The lowest BCUT2D eigenvalue weighted by molar-refractivity contribution is 0.474. The second-order valence-corrected chi connectivity index (χ2v) is 10.3. The van der Waals surface area contributed by atoms with Gasteiger partial charge in [-0.1, -0.05) is 54.6 Å². The Hall–Kier alpha value is -5.17. The molecule has 5 aromatic rings. The van der Waals surface area contributed by atoms with Gasteiger partial charge < -0.3 is 15.3 Å². The molecular weight excluding hydrogens is 496 g/mol. The highest BCUT2D eigenvalue weighted by atomic mass is 16.3. The van der Waals surface area contributed by atoms with Crippen LogP contribution in [0.5, 0.6) is 5.75 Å². The molecule has 2 N–H and O–H groups in total. The van der Waals surface area contributed by atoms with Crippen LogP contribution in [0.3, 0.4) is 0 Å². The number of nitrogens with one attached hydrogen (secondary N) is 1. The van der Waals surface area contributed by atoms with Gasteiger partial charge in [0.25, 0.3) is 0 Å². The van der Waals surface area contributed by atoms with Crippen LogP contribution in [0.4, 0.5) is 22.9 Å². The van der Waals surface area contributed by atoms with E-state index < -0.39 is 0 Å². The Balaban J connectivity index is 1.51. The van der Waals surface area contributed by atoms with Crippen LogP contribution < -0.4 is 10.2 Å². The zero-order valence-corrected chi connectivity index (χ0v) is 22.5. The summed E-state index contributed by atoms with van der Waals surface area (Å²) in [7, 11) is 0. The van der Waals surface area contributed by atoms with Gasteiger partial charge in [0, 0.05) is 11.3 Å². The standard InChI is InChI=1S/C33H28N6O/c1-20-16-17-21(2)27(18-20)35-31-33-36-32-29(22(3)37-39(32)24-11-5-4-6-12-24)30(23-10-9-13-25(40)19-23)38(33)28-15-8-7-14-26(28)34-31/h4-19,30,40H,1-3H3,(H,34,35). The molecule has 40 heavy (non-hydrogen) atoms. The van der Waals surface area contributed by atoms with Crippen molar-refractivity contribution in [1.82, 2.24) is 9.78 Å². The molecule has 3 heterocycles. The summed E-state index contributed by atoms with van der Waals surface area (Å²) >= 11 is 0. The molecule has 7 heteroatoms. The van der Waals surface area contributed by atoms with E-state index in [9.17, 15) is 5.11 Å². The molecule has 0 fully saturated rings. The quantitative estimate of drug-likeness (QED) is 0.260. The van der Waals surface area contributed by atoms with Crippen LogP contribution in [-0.4, -0.2) is 26.6 Å². The summed E-state index contributed by atoms with van der Waals surface area (Å²) in [5.74, 6) is 2.31. The van der Waals surface area contributed by atoms with E-state index in [1.54, 1.807) is 6.07 Å². The fraction of sp³-hybridized carbons (Fsp3) is 0.121. The molecule has 0 amide bonds. The molecule has 1 aromatic heterocycles. The van der Waals surface area contributed by atoms with Gasteiger partial charge in [0.15, 0.2) is 17.5 Å². The van der Waals surface area contributed by atoms with Crippen LogP contribution >= 0.6 is 0 Å². The summed E-state index contributed by atoms with van der Waals surface area (Å²) in [5.41, 5.74) is 8.77. The molecule has 1 atom stereocenters. The monoisotopic (exact) mass is 524 g/mol. The normalized spacial score (nSPS) is 15.5. The van der Waals surface area contributed by atoms with Crippen molar-refractivity contribution in [1.29, 1.82) is 0 Å². The predicted molar refractivity (Wildman–Crippen MR) is 161 cm³/mol. The zero-order chi connectivity index (χ0) is 27.4. The minimum absolute atomic E-state index is 0.212. The lowest BCUT2D eigenvalue weighted by atomic mass is 9.93. The Morgan fingerprint density at radius 1 is 0.800 bits per heavy atom. The predicted octanol–water partition coefficient (Wildman–Crippen LogP) is 7.30. The number of aromatic nitrogens is 2. The Kier molecular flexibility index (Phi) is 5.52. The maximum atomic E-state index is 10.5. The van der Waals surface area contributed by atoms with E-state index in [1.165, 1.54) is 0 Å². The average Bonchev–Trinajstić information content (AvgIpc) is 3.30. The summed E-state index contributed by atoms with van der Waals surface area (Å²) in [6.07, 6.45) is 0. The second-order valence-electron chi connectivity index (χ2n) is 10.3. The Labute approximate surface area is 232 Å². The molecule has 0 radical (unpaired) electrons. The number of anilines is 2. The van der Waals surface area contributed by atoms with Crippen molar-refractivity contribution in [3.05, 3.63) is 125 Å². The Morgan fingerprint density at radius 3 is 2.42 bits per heavy atom. The van der Waals surface area contributed by atoms with E-state index in [2.05, 4.69) is 48.3 Å². The van der Waals surface area contributed by atoms with Crippen LogP contribution in [0.25, 0.3) is 5.69 Å². The van der Waals surface area contributed by atoms with Crippen molar-refractivity contribution in [3.63, 3.8) is 0 Å². The van der Waals surface area contributed by atoms with Crippen molar-refractivity contribution in [2.75, 3.05) is 10.2 Å². The SMILES string of the molecule is Cc1ccc(C)c(NC2=Nc3ccccc3N3C2=Nc2c(c(C)nn2-c2ccccc2)C3c2cccc(O)c2)c1. The van der Waals surface area contributed by atoms with Gasteiger partial charge in [-0.15, -0.1) is 0 Å². The fourth-order valence-corrected chi connectivity index (χ4v) is 5.56. The molecule has 0 saturated carbocycles. The molecule has 1 unspecified atom stereocenters. The van der Waals surface area contributed by atoms with E-state index in [0.717, 1.165) is 56.5 Å².